The van der Waals surface area contributed by atoms with Gasteiger partial charge in [-0.25, -0.2) is 0 Å². The van der Waals surface area contributed by atoms with Gasteiger partial charge in [0, 0.05) is 31.3 Å². The Balaban J connectivity index is 0.000000350. The summed E-state index contributed by atoms with van der Waals surface area (Å²) in [6.07, 6.45) is 3.59. The third-order valence-electron chi connectivity index (χ3n) is 5.83. The normalized spacial score (nSPS) is 16.2. The zero-order chi connectivity index (χ0) is 26.0. The highest BCUT2D eigenvalue weighted by atomic mass is 32.1. The van der Waals surface area contributed by atoms with Crippen molar-refractivity contribution in [3.63, 3.8) is 0 Å². The fourth-order valence-corrected chi connectivity index (χ4v) is 3.77. The molecule has 1 aliphatic carbocycles. The molecule has 0 aliphatic heterocycles. The van der Waals surface area contributed by atoms with Crippen LogP contribution in [0, 0.1) is 25.7 Å². The topological polar surface area (TPSA) is 64.9 Å². The van der Waals surface area contributed by atoms with Crippen LogP contribution in [0.15, 0.2) is 46.1 Å². The number of allylic oxidation sites excluding steroid dienone is 2. The second-order valence-electron chi connectivity index (χ2n) is 9.83. The van der Waals surface area contributed by atoms with E-state index in [1.165, 1.54) is 23.2 Å². The number of aliphatic hydroxyl groups excluding tert-OH is 1. The van der Waals surface area contributed by atoms with Gasteiger partial charge in [-0.2, -0.15) is 5.10 Å². The zero-order valence-electron chi connectivity index (χ0n) is 22.4. The maximum atomic E-state index is 11.1. The summed E-state index contributed by atoms with van der Waals surface area (Å²) in [7, 11) is 2.18. The van der Waals surface area contributed by atoms with Gasteiger partial charge in [0.05, 0.1) is 16.8 Å². The van der Waals surface area contributed by atoms with E-state index in [1.54, 1.807) is 6.92 Å². The maximum Gasteiger partial charge on any atom is 0.146 e. The van der Waals surface area contributed by atoms with Crippen LogP contribution in [0.3, 0.4) is 0 Å². The summed E-state index contributed by atoms with van der Waals surface area (Å²) < 4.78 is 0. The molecule has 1 aromatic carbocycles. The van der Waals surface area contributed by atoms with E-state index in [9.17, 15) is 9.90 Å². The predicted molar refractivity (Wildman–Crippen MR) is 150 cm³/mol. The first kappa shape index (κ1) is 29.7. The van der Waals surface area contributed by atoms with Crippen molar-refractivity contribution >= 4 is 34.9 Å². The number of nitrogens with zero attached hydrogens (tertiary/aromatic N) is 2. The molecule has 0 spiro atoms. The van der Waals surface area contributed by atoms with Crippen LogP contribution in [0.25, 0.3) is 0 Å². The SMILES string of the molecule is CC(=S)N/N=C(\C)C1=CC(C(C)C)=C(C=O)CC1O.Cc1ccc(C)c(N(C)CCC(C)C)c1. The minimum Gasteiger partial charge on any atom is -0.388 e. The Kier molecular flexibility index (Phi) is 12.4. The van der Waals surface area contributed by atoms with Crippen molar-refractivity contribution in [3.05, 3.63) is 52.1 Å². The highest BCUT2D eigenvalue weighted by molar-refractivity contribution is 7.80. The molecular formula is C28H43N3O2S. The molecule has 2 N–H and O–H groups in total. The molecular weight excluding hydrogens is 442 g/mol. The summed E-state index contributed by atoms with van der Waals surface area (Å²) in [5, 5.41) is 14.2. The molecule has 0 heterocycles. The lowest BCUT2D eigenvalue weighted by molar-refractivity contribution is -0.105. The largest absolute Gasteiger partial charge is 0.388 e. The van der Waals surface area contributed by atoms with Crippen molar-refractivity contribution in [1.29, 1.82) is 0 Å². The zero-order valence-corrected chi connectivity index (χ0v) is 23.2. The Bertz CT molecular complexity index is 945. The number of carbonyl (C=O) groups is 1. The van der Waals surface area contributed by atoms with Crippen LogP contribution in [-0.2, 0) is 4.79 Å². The summed E-state index contributed by atoms with van der Waals surface area (Å²) in [4.78, 5) is 14.0. The Hall–Kier alpha value is -2.31. The Morgan fingerprint density at radius 3 is 2.44 bits per heavy atom. The smallest absolute Gasteiger partial charge is 0.146 e. The van der Waals surface area contributed by atoms with Gasteiger partial charge in [-0.15, -0.1) is 0 Å². The number of hydrazone groups is 1. The molecule has 1 unspecified atom stereocenters. The number of anilines is 1. The van der Waals surface area contributed by atoms with Gasteiger partial charge >= 0.3 is 0 Å². The summed E-state index contributed by atoms with van der Waals surface area (Å²) in [6.45, 7) is 17.6. The number of aryl methyl sites for hydroxylation is 2. The summed E-state index contributed by atoms with van der Waals surface area (Å²) in [5.74, 6) is 1.01. The molecule has 34 heavy (non-hydrogen) atoms. The van der Waals surface area contributed by atoms with Crippen LogP contribution < -0.4 is 10.3 Å². The number of hydrogen-bond acceptors (Lipinski definition) is 5. The summed E-state index contributed by atoms with van der Waals surface area (Å²) in [5.41, 5.74) is 9.83. The number of thiocarbonyl (C=S) groups is 1. The van der Waals surface area contributed by atoms with Gasteiger partial charge in [-0.05, 0) is 74.3 Å². The van der Waals surface area contributed by atoms with Crippen LogP contribution in [0.5, 0.6) is 0 Å². The predicted octanol–water partition coefficient (Wildman–Crippen LogP) is 5.93. The Morgan fingerprint density at radius 2 is 1.91 bits per heavy atom. The fraction of sp³-hybridized carbons (Fsp3) is 0.536. The number of benzene rings is 1. The molecule has 0 fully saturated rings. The minimum atomic E-state index is -0.696. The number of nitrogens with one attached hydrogen (secondary N) is 1. The third kappa shape index (κ3) is 9.51. The molecule has 0 amide bonds. The van der Waals surface area contributed by atoms with Crippen LogP contribution in [-0.4, -0.2) is 41.8 Å². The number of rotatable bonds is 8. The molecule has 6 heteroatoms. The van der Waals surface area contributed by atoms with E-state index in [4.69, 9.17) is 12.2 Å². The number of hydrogen-bond donors (Lipinski definition) is 2. The quantitative estimate of drug-likeness (QED) is 0.207. The molecule has 5 nitrogen and oxygen atoms in total. The molecule has 0 saturated carbocycles. The molecule has 0 saturated heterocycles. The molecule has 0 aromatic heterocycles. The van der Waals surface area contributed by atoms with Crippen molar-refractivity contribution in [1.82, 2.24) is 5.43 Å². The second kappa shape index (κ2) is 14.2. The average molecular weight is 486 g/mol. The number of carbonyl (C=O) groups excluding carboxylic acids is 1. The summed E-state index contributed by atoms with van der Waals surface area (Å²) in [6, 6.07) is 6.65. The molecule has 1 aromatic rings. The molecule has 0 radical (unpaired) electrons. The van der Waals surface area contributed by atoms with E-state index in [1.807, 2.05) is 26.8 Å². The van der Waals surface area contributed by atoms with Crippen molar-refractivity contribution < 1.29 is 9.90 Å². The van der Waals surface area contributed by atoms with Crippen molar-refractivity contribution in [3.8, 4) is 0 Å². The molecule has 2 rings (SSSR count). The van der Waals surface area contributed by atoms with E-state index in [2.05, 4.69) is 68.4 Å². The van der Waals surface area contributed by atoms with Gasteiger partial charge in [0.25, 0.3) is 0 Å². The molecule has 188 valence electrons. The Morgan fingerprint density at radius 1 is 1.26 bits per heavy atom. The summed E-state index contributed by atoms with van der Waals surface area (Å²) >= 11 is 4.89. The van der Waals surface area contributed by atoms with Crippen molar-refractivity contribution in [2.24, 2.45) is 16.9 Å². The van der Waals surface area contributed by atoms with Gasteiger partial charge in [0.1, 0.15) is 6.29 Å². The van der Waals surface area contributed by atoms with Crippen molar-refractivity contribution in [2.75, 3.05) is 18.5 Å². The lowest BCUT2D eigenvalue weighted by atomic mass is 9.84. The highest BCUT2D eigenvalue weighted by Gasteiger charge is 2.24. The van der Waals surface area contributed by atoms with Crippen LogP contribution in [0.2, 0.25) is 0 Å². The maximum absolute atomic E-state index is 11.1. The first-order valence-electron chi connectivity index (χ1n) is 12.0. The van der Waals surface area contributed by atoms with Crippen LogP contribution in [0.4, 0.5) is 5.69 Å². The number of aliphatic hydroxyl groups is 1. The lowest BCUT2D eigenvalue weighted by Crippen LogP contribution is -2.24. The van der Waals surface area contributed by atoms with Gasteiger partial charge in [-0.1, -0.05) is 58.1 Å². The molecule has 1 aliphatic rings. The van der Waals surface area contributed by atoms with Crippen LogP contribution >= 0.6 is 12.2 Å². The molecule has 0 bridgehead atoms. The monoisotopic (exact) mass is 485 g/mol. The van der Waals surface area contributed by atoms with E-state index in [0.29, 0.717) is 22.7 Å². The van der Waals surface area contributed by atoms with Crippen molar-refractivity contribution in [2.45, 2.75) is 74.3 Å². The molecule has 1 atom stereocenters. The van der Waals surface area contributed by atoms with Gasteiger partial charge in [0.15, 0.2) is 0 Å². The van der Waals surface area contributed by atoms with Crippen LogP contribution in [0.1, 0.15) is 65.5 Å². The average Bonchev–Trinajstić information content (AvgIpc) is 2.77. The van der Waals surface area contributed by atoms with E-state index < -0.39 is 6.10 Å². The highest BCUT2D eigenvalue weighted by Crippen LogP contribution is 2.28. The van der Waals surface area contributed by atoms with Gasteiger partial charge < -0.3 is 10.0 Å². The van der Waals surface area contributed by atoms with Gasteiger partial charge in [0.2, 0.25) is 0 Å². The van der Waals surface area contributed by atoms with E-state index in [0.717, 1.165) is 29.9 Å². The number of aldehydes is 1. The minimum absolute atomic E-state index is 0.232. The first-order valence-corrected chi connectivity index (χ1v) is 12.5. The second-order valence-corrected chi connectivity index (χ2v) is 10.4. The fourth-order valence-electron chi connectivity index (χ4n) is 3.72. The lowest BCUT2D eigenvalue weighted by Gasteiger charge is -2.24. The standard InChI is InChI=1S/C14H20N2O2S.C14H23N/c1-8(2)12-6-13(9(3)15-16-10(4)19)14(18)5-11(12)7-17;1-11(2)8-9-15(5)14-10-12(3)6-7-13(14)4/h6-8,14,18H,5H2,1-4H3,(H,16,19);6-7,10-11H,8-9H2,1-5H3/b15-9+;. The first-order chi connectivity index (χ1) is 15.9. The Labute approximate surface area is 212 Å². The third-order valence-corrected chi connectivity index (χ3v) is 5.93. The van der Waals surface area contributed by atoms with E-state index >= 15 is 0 Å². The van der Waals surface area contributed by atoms with E-state index in [-0.39, 0.29) is 5.92 Å². The van der Waals surface area contributed by atoms with Gasteiger partial charge in [-0.3, -0.25) is 10.2 Å².